The summed E-state index contributed by atoms with van der Waals surface area (Å²) in [7, 11) is 0. The van der Waals surface area contributed by atoms with Gasteiger partial charge in [0.25, 0.3) is 0 Å². The van der Waals surface area contributed by atoms with Crippen LogP contribution in [0.15, 0.2) is 12.1 Å². The van der Waals surface area contributed by atoms with E-state index in [0.29, 0.717) is 23.7 Å². The maximum absolute atomic E-state index is 12.2. The molecule has 0 radical (unpaired) electrons. The molecule has 0 heterocycles. The highest BCUT2D eigenvalue weighted by Crippen LogP contribution is 2.33. The van der Waals surface area contributed by atoms with Gasteiger partial charge in [-0.25, -0.2) is 0 Å². The van der Waals surface area contributed by atoms with E-state index in [1.165, 1.54) is 6.07 Å². The van der Waals surface area contributed by atoms with Crippen molar-refractivity contribution >= 4 is 23.2 Å². The molecule has 0 aliphatic heterocycles. The highest BCUT2D eigenvalue weighted by atomic mass is 35.5. The Labute approximate surface area is 124 Å². The normalized spacial score (nSPS) is 13.3. The van der Waals surface area contributed by atoms with Gasteiger partial charge in [-0.2, -0.15) is 13.2 Å². The Kier molecular flexibility index (Phi) is 6.39. The summed E-state index contributed by atoms with van der Waals surface area (Å²) in [6, 6.07) is 2.92. The van der Waals surface area contributed by atoms with Gasteiger partial charge in [0.2, 0.25) is 0 Å². The maximum atomic E-state index is 12.2. The van der Waals surface area contributed by atoms with E-state index in [9.17, 15) is 13.2 Å². The smallest absolute Gasteiger partial charge is 0.417 e. The Hall–Kier alpha value is -0.690. The lowest BCUT2D eigenvalue weighted by atomic mass is 10.2. The van der Waals surface area contributed by atoms with Gasteiger partial charge in [0.05, 0.1) is 5.02 Å². The van der Waals surface area contributed by atoms with Crippen molar-refractivity contribution in [1.82, 2.24) is 5.32 Å². The van der Waals surface area contributed by atoms with Crippen LogP contribution in [-0.2, 0) is 6.54 Å². The highest BCUT2D eigenvalue weighted by molar-refractivity contribution is 6.35. The third kappa shape index (κ3) is 5.01. The van der Waals surface area contributed by atoms with Gasteiger partial charge in [-0.1, -0.05) is 30.1 Å². The zero-order valence-electron chi connectivity index (χ0n) is 10.6. The van der Waals surface area contributed by atoms with E-state index in [1.54, 1.807) is 6.07 Å². The summed E-state index contributed by atoms with van der Waals surface area (Å²) in [5.74, 6) is 0.0836. The maximum Gasteiger partial charge on any atom is 0.417 e. The molecule has 1 aromatic carbocycles. The number of alkyl halides is 3. The molecule has 0 aliphatic carbocycles. The molecule has 1 rings (SSSR count). The predicted molar refractivity (Wildman–Crippen MR) is 71.4 cm³/mol. The molecule has 1 unspecified atom stereocenters. The molecule has 0 saturated heterocycles. The number of hydrogen-bond donors (Lipinski definition) is 2. The topological polar surface area (TPSA) is 41.5 Å². The molecule has 1 aromatic rings. The third-order valence-corrected chi connectivity index (χ3v) is 2.91. The van der Waals surface area contributed by atoms with Crippen LogP contribution in [0, 0.1) is 0 Å². The SMILES string of the molecule is CCNCc1cc(Cl)cc(Cl)c1OCC(O)C(F)(F)F. The minimum absolute atomic E-state index is 0.0836. The van der Waals surface area contributed by atoms with Crippen LogP contribution in [-0.4, -0.2) is 30.5 Å². The van der Waals surface area contributed by atoms with Crippen LogP contribution in [0.2, 0.25) is 10.0 Å². The molecule has 2 N–H and O–H groups in total. The van der Waals surface area contributed by atoms with Gasteiger partial charge in [-0.3, -0.25) is 0 Å². The molecule has 0 aliphatic rings. The quantitative estimate of drug-likeness (QED) is 0.839. The summed E-state index contributed by atoms with van der Waals surface area (Å²) in [5, 5.41) is 12.4. The summed E-state index contributed by atoms with van der Waals surface area (Å²) in [6.45, 7) is 1.95. The molecule has 0 fully saturated rings. The van der Waals surface area contributed by atoms with E-state index in [-0.39, 0.29) is 10.8 Å². The summed E-state index contributed by atoms with van der Waals surface area (Å²) in [5.41, 5.74) is 0.527. The Morgan fingerprint density at radius 3 is 2.55 bits per heavy atom. The van der Waals surface area contributed by atoms with Gasteiger partial charge in [0.15, 0.2) is 6.10 Å². The van der Waals surface area contributed by atoms with Crippen LogP contribution < -0.4 is 10.1 Å². The van der Waals surface area contributed by atoms with Crippen molar-refractivity contribution in [2.45, 2.75) is 25.7 Å². The minimum atomic E-state index is -4.74. The first-order valence-corrected chi connectivity index (χ1v) is 6.57. The molecule has 0 bridgehead atoms. The van der Waals surface area contributed by atoms with Crippen molar-refractivity contribution in [3.05, 3.63) is 27.7 Å². The van der Waals surface area contributed by atoms with Crippen LogP contribution in [0.5, 0.6) is 5.75 Å². The zero-order chi connectivity index (χ0) is 15.3. The average Bonchev–Trinajstić information content (AvgIpc) is 2.33. The second-order valence-electron chi connectivity index (χ2n) is 4.02. The number of aliphatic hydroxyl groups is 1. The fraction of sp³-hybridized carbons (Fsp3) is 0.500. The average molecular weight is 332 g/mol. The summed E-state index contributed by atoms with van der Waals surface area (Å²) >= 11 is 11.8. The second kappa shape index (κ2) is 7.36. The Morgan fingerprint density at radius 1 is 1.35 bits per heavy atom. The lowest BCUT2D eigenvalue weighted by Crippen LogP contribution is -2.34. The third-order valence-electron chi connectivity index (χ3n) is 2.41. The number of nitrogens with one attached hydrogen (secondary N) is 1. The zero-order valence-corrected chi connectivity index (χ0v) is 12.1. The van der Waals surface area contributed by atoms with Crippen LogP contribution in [0.25, 0.3) is 0 Å². The van der Waals surface area contributed by atoms with Crippen LogP contribution >= 0.6 is 23.2 Å². The number of benzene rings is 1. The molecular weight excluding hydrogens is 318 g/mol. The van der Waals surface area contributed by atoms with Gasteiger partial charge < -0.3 is 15.2 Å². The van der Waals surface area contributed by atoms with Gasteiger partial charge >= 0.3 is 6.18 Å². The molecule has 8 heteroatoms. The van der Waals surface area contributed by atoms with Gasteiger partial charge in [0.1, 0.15) is 12.4 Å². The number of rotatable bonds is 6. The molecule has 0 spiro atoms. The van der Waals surface area contributed by atoms with Crippen LogP contribution in [0.1, 0.15) is 12.5 Å². The van der Waals surface area contributed by atoms with E-state index in [2.05, 4.69) is 5.32 Å². The highest BCUT2D eigenvalue weighted by Gasteiger charge is 2.39. The molecule has 0 aromatic heterocycles. The molecular formula is C12H14Cl2F3NO2. The van der Waals surface area contributed by atoms with Crippen LogP contribution in [0.4, 0.5) is 13.2 Å². The monoisotopic (exact) mass is 331 g/mol. The standard InChI is InChI=1S/C12H14Cl2F3NO2/c1-2-18-5-7-3-8(13)4-9(14)11(7)20-6-10(19)12(15,16)17/h3-4,10,18-19H,2,5-6H2,1H3. The van der Waals surface area contributed by atoms with Gasteiger partial charge in [-0.05, 0) is 18.7 Å². The fourth-order valence-electron chi connectivity index (χ4n) is 1.42. The Morgan fingerprint density at radius 2 is 2.00 bits per heavy atom. The number of ether oxygens (including phenoxy) is 1. The lowest BCUT2D eigenvalue weighted by Gasteiger charge is -2.18. The first-order valence-electron chi connectivity index (χ1n) is 5.82. The first-order chi connectivity index (χ1) is 9.25. The van der Waals surface area contributed by atoms with Gasteiger partial charge in [0, 0.05) is 17.1 Å². The van der Waals surface area contributed by atoms with Crippen molar-refractivity contribution in [3.63, 3.8) is 0 Å². The molecule has 20 heavy (non-hydrogen) atoms. The predicted octanol–water partition coefficient (Wildman–Crippen LogP) is 3.40. The van der Waals surface area contributed by atoms with Crippen molar-refractivity contribution < 1.29 is 23.0 Å². The number of aliphatic hydroxyl groups excluding tert-OH is 1. The molecule has 114 valence electrons. The summed E-state index contributed by atoms with van der Waals surface area (Å²) in [6.07, 6.45) is -7.30. The molecule has 1 atom stereocenters. The van der Waals surface area contributed by atoms with E-state index in [1.807, 2.05) is 6.92 Å². The Balaban J connectivity index is 2.87. The van der Waals surface area contributed by atoms with Crippen molar-refractivity contribution in [2.75, 3.05) is 13.2 Å². The largest absolute Gasteiger partial charge is 0.489 e. The van der Waals surface area contributed by atoms with Crippen LogP contribution in [0.3, 0.4) is 0 Å². The lowest BCUT2D eigenvalue weighted by molar-refractivity contribution is -0.210. The first kappa shape index (κ1) is 17.4. The number of hydrogen-bond acceptors (Lipinski definition) is 3. The van der Waals surface area contributed by atoms with Crippen molar-refractivity contribution in [2.24, 2.45) is 0 Å². The minimum Gasteiger partial charge on any atom is -0.489 e. The summed E-state index contributed by atoms with van der Waals surface area (Å²) < 4.78 is 41.7. The number of halogens is 5. The second-order valence-corrected chi connectivity index (χ2v) is 4.87. The summed E-state index contributed by atoms with van der Waals surface area (Å²) in [4.78, 5) is 0. The Bertz CT molecular complexity index is 455. The van der Waals surface area contributed by atoms with E-state index in [4.69, 9.17) is 33.0 Å². The van der Waals surface area contributed by atoms with Crippen molar-refractivity contribution in [1.29, 1.82) is 0 Å². The molecule has 0 amide bonds. The van der Waals surface area contributed by atoms with Crippen molar-refractivity contribution in [3.8, 4) is 5.75 Å². The molecule has 3 nitrogen and oxygen atoms in total. The molecule has 0 saturated carbocycles. The van der Waals surface area contributed by atoms with E-state index >= 15 is 0 Å². The van der Waals surface area contributed by atoms with E-state index in [0.717, 1.165) is 0 Å². The van der Waals surface area contributed by atoms with Gasteiger partial charge in [-0.15, -0.1) is 0 Å². The van der Waals surface area contributed by atoms with E-state index < -0.39 is 18.9 Å². The fourth-order valence-corrected chi connectivity index (χ4v) is 2.01.